The average Bonchev–Trinajstić information content (AvgIpc) is 2.60. The first-order chi connectivity index (χ1) is 12.1. The van der Waals surface area contributed by atoms with Crippen LogP contribution in [0.5, 0.6) is 5.75 Å². The fraction of sp³-hybridized carbons (Fsp3) is 0.316. The molecule has 2 aromatic rings. The number of nitrogens with zero attached hydrogens (tertiary/aromatic N) is 1. The Balaban J connectivity index is 2.23. The number of nitrogens with one attached hydrogen (secondary N) is 1. The number of amides is 1. The maximum Gasteiger partial charge on any atom is 0.251 e. The van der Waals surface area contributed by atoms with Crippen molar-refractivity contribution < 1.29 is 18.3 Å². The standard InChI is InChI=1S/C19H24N2O4S/c1-13(2)21(4)26(24,25)18-10-6-8-16(12-18)19(23)20-14(3)15-7-5-9-17(22)11-15/h5-14,22H,1-4H3,(H,20,23). The molecule has 7 heteroatoms. The molecular formula is C19H24N2O4S. The van der Waals surface area contributed by atoms with Gasteiger partial charge in [-0.2, -0.15) is 4.31 Å². The number of hydrogen-bond donors (Lipinski definition) is 2. The zero-order valence-corrected chi connectivity index (χ0v) is 16.1. The van der Waals surface area contributed by atoms with Crippen molar-refractivity contribution in [1.82, 2.24) is 9.62 Å². The topological polar surface area (TPSA) is 86.7 Å². The molecule has 2 aromatic carbocycles. The Labute approximate surface area is 154 Å². The minimum Gasteiger partial charge on any atom is -0.508 e. The zero-order valence-electron chi connectivity index (χ0n) is 15.3. The highest BCUT2D eigenvalue weighted by Crippen LogP contribution is 2.20. The lowest BCUT2D eigenvalue weighted by Gasteiger charge is -2.21. The Morgan fingerprint density at radius 3 is 2.35 bits per heavy atom. The second-order valence-corrected chi connectivity index (χ2v) is 8.43. The summed E-state index contributed by atoms with van der Waals surface area (Å²) >= 11 is 0. The number of carbonyl (C=O) groups excluding carboxylic acids is 1. The SMILES string of the molecule is CC(NC(=O)c1cccc(S(=O)(=O)N(C)C(C)C)c1)c1cccc(O)c1. The van der Waals surface area contributed by atoms with Crippen molar-refractivity contribution in [3.63, 3.8) is 0 Å². The largest absolute Gasteiger partial charge is 0.508 e. The van der Waals surface area contributed by atoms with Gasteiger partial charge in [0.05, 0.1) is 10.9 Å². The molecule has 26 heavy (non-hydrogen) atoms. The van der Waals surface area contributed by atoms with Crippen molar-refractivity contribution in [3.8, 4) is 5.75 Å². The van der Waals surface area contributed by atoms with Crippen LogP contribution in [0.15, 0.2) is 53.4 Å². The van der Waals surface area contributed by atoms with Gasteiger partial charge >= 0.3 is 0 Å². The molecule has 2 rings (SSSR count). The Morgan fingerprint density at radius 2 is 1.73 bits per heavy atom. The molecule has 0 bridgehead atoms. The van der Waals surface area contributed by atoms with Gasteiger partial charge in [0, 0.05) is 18.7 Å². The first-order valence-electron chi connectivity index (χ1n) is 8.31. The fourth-order valence-electron chi connectivity index (χ4n) is 2.40. The summed E-state index contributed by atoms with van der Waals surface area (Å²) in [6.45, 7) is 5.36. The lowest BCUT2D eigenvalue weighted by Crippen LogP contribution is -2.33. The predicted octanol–water partition coefficient (Wildman–Crippen LogP) is 2.91. The van der Waals surface area contributed by atoms with E-state index in [1.807, 2.05) is 0 Å². The third kappa shape index (κ3) is 4.42. The third-order valence-corrected chi connectivity index (χ3v) is 6.25. The molecule has 0 heterocycles. The summed E-state index contributed by atoms with van der Waals surface area (Å²) < 4.78 is 26.5. The minimum atomic E-state index is -3.66. The molecule has 1 atom stereocenters. The molecule has 0 saturated carbocycles. The van der Waals surface area contributed by atoms with E-state index < -0.39 is 10.0 Å². The van der Waals surface area contributed by atoms with E-state index in [4.69, 9.17) is 0 Å². The predicted molar refractivity (Wildman–Crippen MR) is 101 cm³/mol. The van der Waals surface area contributed by atoms with Gasteiger partial charge in [-0.1, -0.05) is 18.2 Å². The van der Waals surface area contributed by atoms with Crippen LogP contribution in [0.25, 0.3) is 0 Å². The summed E-state index contributed by atoms with van der Waals surface area (Å²) in [6.07, 6.45) is 0. The summed E-state index contributed by atoms with van der Waals surface area (Å²) in [5, 5.41) is 12.4. The van der Waals surface area contributed by atoms with Gasteiger partial charge in [0.15, 0.2) is 0 Å². The number of phenolic OH excluding ortho intramolecular Hbond substituents is 1. The number of benzene rings is 2. The maximum absolute atomic E-state index is 12.6. The van der Waals surface area contributed by atoms with Crippen molar-refractivity contribution in [2.45, 2.75) is 37.8 Å². The highest BCUT2D eigenvalue weighted by Gasteiger charge is 2.24. The van der Waals surface area contributed by atoms with E-state index in [1.165, 1.54) is 23.5 Å². The van der Waals surface area contributed by atoms with Crippen LogP contribution in [0.2, 0.25) is 0 Å². The summed E-state index contributed by atoms with van der Waals surface area (Å²) in [5.41, 5.74) is 1.01. The van der Waals surface area contributed by atoms with Gasteiger partial charge in [0.2, 0.25) is 10.0 Å². The minimum absolute atomic E-state index is 0.0753. The molecule has 2 N–H and O–H groups in total. The summed E-state index contributed by atoms with van der Waals surface area (Å²) in [6, 6.07) is 12.1. The highest BCUT2D eigenvalue weighted by atomic mass is 32.2. The number of rotatable bonds is 6. The van der Waals surface area contributed by atoms with Crippen molar-refractivity contribution in [2.24, 2.45) is 0 Å². The molecule has 0 aromatic heterocycles. The van der Waals surface area contributed by atoms with Gasteiger partial charge in [-0.25, -0.2) is 8.42 Å². The Hall–Kier alpha value is -2.38. The van der Waals surface area contributed by atoms with Crippen LogP contribution in [-0.4, -0.2) is 36.8 Å². The molecule has 1 amide bonds. The van der Waals surface area contributed by atoms with Crippen LogP contribution >= 0.6 is 0 Å². The zero-order chi connectivity index (χ0) is 19.5. The quantitative estimate of drug-likeness (QED) is 0.812. The second-order valence-electron chi connectivity index (χ2n) is 6.43. The van der Waals surface area contributed by atoms with Crippen molar-refractivity contribution in [2.75, 3.05) is 7.05 Å². The van der Waals surface area contributed by atoms with Gasteiger partial charge < -0.3 is 10.4 Å². The summed E-state index contributed by atoms with van der Waals surface area (Å²) in [4.78, 5) is 12.6. The third-order valence-electron chi connectivity index (χ3n) is 4.22. The van der Waals surface area contributed by atoms with Crippen LogP contribution in [0.4, 0.5) is 0 Å². The van der Waals surface area contributed by atoms with Crippen molar-refractivity contribution in [1.29, 1.82) is 0 Å². The van der Waals surface area contributed by atoms with Crippen LogP contribution in [0, 0.1) is 0 Å². The number of phenols is 1. The summed E-state index contributed by atoms with van der Waals surface area (Å²) in [7, 11) is -2.15. The van der Waals surface area contributed by atoms with Crippen LogP contribution in [-0.2, 0) is 10.0 Å². The van der Waals surface area contributed by atoms with E-state index in [-0.39, 0.29) is 34.2 Å². The van der Waals surface area contributed by atoms with E-state index in [0.717, 1.165) is 5.56 Å². The molecule has 0 aliphatic rings. The van der Waals surface area contributed by atoms with Gasteiger partial charge in [0.1, 0.15) is 5.75 Å². The van der Waals surface area contributed by atoms with Crippen LogP contribution in [0.1, 0.15) is 42.7 Å². The molecule has 1 unspecified atom stereocenters. The average molecular weight is 376 g/mol. The first kappa shape index (κ1) is 19.9. The molecule has 140 valence electrons. The number of carbonyl (C=O) groups is 1. The number of aromatic hydroxyl groups is 1. The molecule has 0 spiro atoms. The molecule has 0 fully saturated rings. The fourth-order valence-corrected chi connectivity index (χ4v) is 3.81. The van der Waals surface area contributed by atoms with E-state index in [9.17, 15) is 18.3 Å². The van der Waals surface area contributed by atoms with E-state index in [0.29, 0.717) is 0 Å². The maximum atomic E-state index is 12.6. The summed E-state index contributed by atoms with van der Waals surface area (Å²) in [5.74, 6) is -0.265. The van der Waals surface area contributed by atoms with Crippen LogP contribution in [0.3, 0.4) is 0 Å². The smallest absolute Gasteiger partial charge is 0.251 e. The Morgan fingerprint density at radius 1 is 1.08 bits per heavy atom. The van der Waals surface area contributed by atoms with Gasteiger partial charge in [-0.3, -0.25) is 4.79 Å². The van der Waals surface area contributed by atoms with Crippen molar-refractivity contribution in [3.05, 3.63) is 59.7 Å². The number of sulfonamides is 1. The monoisotopic (exact) mass is 376 g/mol. The second kappa shape index (κ2) is 7.88. The Kier molecular flexibility index (Phi) is 6.05. The van der Waals surface area contributed by atoms with E-state index in [2.05, 4.69) is 5.32 Å². The lowest BCUT2D eigenvalue weighted by molar-refractivity contribution is 0.0939. The van der Waals surface area contributed by atoms with Crippen molar-refractivity contribution >= 4 is 15.9 Å². The molecule has 0 aliphatic heterocycles. The van der Waals surface area contributed by atoms with Gasteiger partial charge in [-0.15, -0.1) is 0 Å². The number of hydrogen-bond acceptors (Lipinski definition) is 4. The van der Waals surface area contributed by atoms with Gasteiger partial charge in [-0.05, 0) is 56.7 Å². The first-order valence-corrected chi connectivity index (χ1v) is 9.75. The van der Waals surface area contributed by atoms with Gasteiger partial charge in [0.25, 0.3) is 5.91 Å². The van der Waals surface area contributed by atoms with E-state index >= 15 is 0 Å². The highest BCUT2D eigenvalue weighted by molar-refractivity contribution is 7.89. The normalized spacial score (nSPS) is 13.0. The lowest BCUT2D eigenvalue weighted by atomic mass is 10.1. The van der Waals surface area contributed by atoms with Crippen LogP contribution < -0.4 is 5.32 Å². The Bertz CT molecular complexity index is 894. The van der Waals surface area contributed by atoms with E-state index in [1.54, 1.807) is 57.2 Å². The molecular weight excluding hydrogens is 352 g/mol. The molecule has 0 saturated heterocycles. The molecule has 0 aliphatic carbocycles. The molecule has 0 radical (unpaired) electrons. The molecule has 6 nitrogen and oxygen atoms in total.